The smallest absolute Gasteiger partial charge is 0.227 e. The number of hydrogen-bond acceptors (Lipinski definition) is 2. The Morgan fingerprint density at radius 1 is 0.254 bits per heavy atom. The summed E-state index contributed by atoms with van der Waals surface area (Å²) in [5.41, 5.74) is 12.3. The number of fused-ring (bicyclic) bond motifs is 7. The van der Waals surface area contributed by atoms with Gasteiger partial charge in [0.25, 0.3) is 0 Å². The molecule has 0 aliphatic heterocycles. The van der Waals surface area contributed by atoms with Gasteiger partial charge in [-0.2, -0.15) is 0 Å². The molecule has 2 heteroatoms. The molecule has 0 amide bonds. The first-order chi connectivity index (χ1) is 31.2. The predicted octanol–water partition coefficient (Wildman–Crippen LogP) is 17.1. The third kappa shape index (κ3) is 5.69. The summed E-state index contributed by atoms with van der Waals surface area (Å²) in [6, 6.07) is 81.8. The highest BCUT2D eigenvalue weighted by Crippen LogP contribution is 2.49. The van der Waals surface area contributed by atoms with Crippen molar-refractivity contribution in [3.8, 4) is 56.0 Å². The molecule has 0 atom stereocenters. The first kappa shape index (κ1) is 35.4. The molecule has 63 heavy (non-hydrogen) atoms. The number of benzene rings is 12. The van der Waals surface area contributed by atoms with Crippen LogP contribution in [-0.4, -0.2) is 4.98 Å². The SMILES string of the molecule is c1cc(-c2nc3ccccc3o2)cc(-c2c3ccccc3c(-c3ccc4c(-c5ccc6ccccc6c5)c5ccccc5c(-c5ccc6ccccc6c5)c4c3)c3ccccc23)c1. The minimum absolute atomic E-state index is 0.622. The van der Waals surface area contributed by atoms with E-state index in [0.717, 1.165) is 22.2 Å². The molecule has 0 saturated carbocycles. The molecule has 12 aromatic carbocycles. The predicted molar refractivity (Wildman–Crippen MR) is 266 cm³/mol. The van der Waals surface area contributed by atoms with Crippen LogP contribution in [-0.2, 0) is 0 Å². The highest BCUT2D eigenvalue weighted by Gasteiger charge is 2.21. The second-order valence-corrected chi connectivity index (χ2v) is 16.6. The standard InChI is InChI=1S/C61H37NO/c1-3-16-40-34-43(30-28-38(40)14-1)58-51-24-9-10-25-52(51)60(44-31-29-39-15-2-4-17-41(39)35-44)54-37-45(32-33-53(54)58)59-49-22-7-5-20-47(49)57(48-21-6-8-23-50(48)59)42-18-13-19-46(36-42)61-62-55-26-11-12-27-56(55)63-61/h1-37H. The minimum Gasteiger partial charge on any atom is -0.436 e. The van der Waals surface area contributed by atoms with E-state index in [9.17, 15) is 0 Å². The lowest BCUT2D eigenvalue weighted by atomic mass is 9.82. The van der Waals surface area contributed by atoms with Gasteiger partial charge in [-0.15, -0.1) is 0 Å². The van der Waals surface area contributed by atoms with E-state index < -0.39 is 0 Å². The van der Waals surface area contributed by atoms with Crippen molar-refractivity contribution in [2.24, 2.45) is 0 Å². The topological polar surface area (TPSA) is 26.0 Å². The van der Waals surface area contributed by atoms with Crippen molar-refractivity contribution >= 4 is 75.7 Å². The molecule has 1 aromatic heterocycles. The Kier molecular flexibility index (Phi) is 7.94. The van der Waals surface area contributed by atoms with Gasteiger partial charge in [0.05, 0.1) is 0 Å². The Bertz CT molecular complexity index is 3900. The van der Waals surface area contributed by atoms with E-state index in [1.807, 2.05) is 24.3 Å². The molecular weight excluding hydrogens is 763 g/mol. The van der Waals surface area contributed by atoms with Crippen LogP contribution in [0.3, 0.4) is 0 Å². The Labute approximate surface area is 364 Å². The Balaban J connectivity index is 1.09. The van der Waals surface area contributed by atoms with Crippen LogP contribution >= 0.6 is 0 Å². The maximum atomic E-state index is 6.27. The fraction of sp³-hybridized carbons (Fsp3) is 0. The average molecular weight is 800 g/mol. The molecule has 0 spiro atoms. The lowest BCUT2D eigenvalue weighted by molar-refractivity contribution is 0.620. The van der Waals surface area contributed by atoms with Gasteiger partial charge in [0.15, 0.2) is 5.58 Å². The lowest BCUT2D eigenvalue weighted by Gasteiger charge is -2.21. The van der Waals surface area contributed by atoms with Gasteiger partial charge in [0.2, 0.25) is 5.89 Å². The quantitative estimate of drug-likeness (QED) is 0.162. The Morgan fingerprint density at radius 3 is 1.19 bits per heavy atom. The van der Waals surface area contributed by atoms with Gasteiger partial charge in [0, 0.05) is 5.56 Å². The molecule has 0 aliphatic rings. The largest absolute Gasteiger partial charge is 0.436 e. The molecule has 0 fully saturated rings. The third-order valence-electron chi connectivity index (χ3n) is 13.0. The van der Waals surface area contributed by atoms with Crippen molar-refractivity contribution in [3.63, 3.8) is 0 Å². The molecule has 13 aromatic rings. The number of nitrogens with zero attached hydrogens (tertiary/aromatic N) is 1. The minimum atomic E-state index is 0.622. The first-order valence-corrected chi connectivity index (χ1v) is 21.6. The van der Waals surface area contributed by atoms with Gasteiger partial charge >= 0.3 is 0 Å². The van der Waals surface area contributed by atoms with Crippen LogP contribution in [0.15, 0.2) is 229 Å². The van der Waals surface area contributed by atoms with Crippen LogP contribution < -0.4 is 0 Å². The normalized spacial score (nSPS) is 11.8. The highest BCUT2D eigenvalue weighted by atomic mass is 16.3. The summed E-state index contributed by atoms with van der Waals surface area (Å²) >= 11 is 0. The zero-order valence-electron chi connectivity index (χ0n) is 34.2. The molecule has 1 heterocycles. The molecule has 2 nitrogen and oxygen atoms in total. The fourth-order valence-corrected chi connectivity index (χ4v) is 10.2. The van der Waals surface area contributed by atoms with Crippen molar-refractivity contribution in [2.45, 2.75) is 0 Å². The van der Waals surface area contributed by atoms with E-state index in [1.165, 1.54) is 104 Å². The van der Waals surface area contributed by atoms with Crippen molar-refractivity contribution in [1.82, 2.24) is 4.98 Å². The summed E-state index contributed by atoms with van der Waals surface area (Å²) in [6.45, 7) is 0. The molecule has 0 unspecified atom stereocenters. The van der Waals surface area contributed by atoms with E-state index in [1.54, 1.807) is 0 Å². The van der Waals surface area contributed by atoms with E-state index >= 15 is 0 Å². The number of para-hydroxylation sites is 2. The number of hydrogen-bond donors (Lipinski definition) is 0. The summed E-state index contributed by atoms with van der Waals surface area (Å²) in [4.78, 5) is 4.86. The van der Waals surface area contributed by atoms with Gasteiger partial charge in [-0.05, 0) is 152 Å². The summed E-state index contributed by atoms with van der Waals surface area (Å²) in [5.74, 6) is 0.622. The molecule has 0 radical (unpaired) electrons. The first-order valence-electron chi connectivity index (χ1n) is 21.6. The second kappa shape index (κ2) is 14.1. The van der Waals surface area contributed by atoms with Crippen molar-refractivity contribution < 1.29 is 4.42 Å². The van der Waals surface area contributed by atoms with Crippen molar-refractivity contribution in [1.29, 1.82) is 0 Å². The van der Waals surface area contributed by atoms with Crippen molar-refractivity contribution in [2.75, 3.05) is 0 Å². The van der Waals surface area contributed by atoms with Crippen LogP contribution in [0.4, 0.5) is 0 Å². The van der Waals surface area contributed by atoms with Gasteiger partial charge in [0.1, 0.15) is 5.52 Å². The number of rotatable bonds is 5. The molecule has 0 bridgehead atoms. The molecule has 0 N–H and O–H groups in total. The van der Waals surface area contributed by atoms with Crippen LogP contribution in [0.2, 0.25) is 0 Å². The number of aromatic nitrogens is 1. The summed E-state index contributed by atoms with van der Waals surface area (Å²) in [6.07, 6.45) is 0. The maximum absolute atomic E-state index is 6.27. The highest BCUT2D eigenvalue weighted by molar-refractivity contribution is 6.25. The van der Waals surface area contributed by atoms with E-state index in [2.05, 4.69) is 200 Å². The monoisotopic (exact) mass is 799 g/mol. The average Bonchev–Trinajstić information content (AvgIpc) is 3.79. The van der Waals surface area contributed by atoms with Crippen LogP contribution in [0.1, 0.15) is 0 Å². The zero-order valence-corrected chi connectivity index (χ0v) is 34.2. The van der Waals surface area contributed by atoms with Crippen molar-refractivity contribution in [3.05, 3.63) is 224 Å². The Hall–Kier alpha value is -8.33. The van der Waals surface area contributed by atoms with E-state index in [0.29, 0.717) is 5.89 Å². The maximum Gasteiger partial charge on any atom is 0.227 e. The number of oxazole rings is 1. The molecule has 0 saturated heterocycles. The summed E-state index contributed by atoms with van der Waals surface area (Å²) in [7, 11) is 0. The molecule has 292 valence electrons. The van der Waals surface area contributed by atoms with Crippen LogP contribution in [0.25, 0.3) is 132 Å². The van der Waals surface area contributed by atoms with E-state index in [4.69, 9.17) is 9.40 Å². The second-order valence-electron chi connectivity index (χ2n) is 16.6. The summed E-state index contributed by atoms with van der Waals surface area (Å²) in [5, 5.41) is 14.7. The van der Waals surface area contributed by atoms with E-state index in [-0.39, 0.29) is 0 Å². The molecule has 0 aliphatic carbocycles. The Morgan fingerprint density at radius 2 is 0.651 bits per heavy atom. The van der Waals surface area contributed by atoms with Gasteiger partial charge in [-0.1, -0.05) is 182 Å². The summed E-state index contributed by atoms with van der Waals surface area (Å²) < 4.78 is 6.27. The van der Waals surface area contributed by atoms with Crippen LogP contribution in [0, 0.1) is 0 Å². The fourth-order valence-electron chi connectivity index (χ4n) is 10.2. The van der Waals surface area contributed by atoms with Gasteiger partial charge in [-0.25, -0.2) is 4.98 Å². The van der Waals surface area contributed by atoms with Crippen LogP contribution in [0.5, 0.6) is 0 Å². The van der Waals surface area contributed by atoms with Gasteiger partial charge in [-0.3, -0.25) is 0 Å². The lowest BCUT2D eigenvalue weighted by Crippen LogP contribution is -1.94. The molecular formula is C61H37NO. The molecule has 13 rings (SSSR count). The third-order valence-corrected chi connectivity index (χ3v) is 13.0. The zero-order chi connectivity index (χ0) is 41.4. The van der Waals surface area contributed by atoms with Gasteiger partial charge < -0.3 is 4.42 Å².